The third-order valence-electron chi connectivity index (χ3n) is 3.40. The molecule has 1 atom stereocenters. The molecule has 0 radical (unpaired) electrons. The van der Waals surface area contributed by atoms with Gasteiger partial charge in [-0.05, 0) is 39.1 Å². The summed E-state index contributed by atoms with van der Waals surface area (Å²) in [6.45, 7) is 1.81. The molecule has 1 aromatic rings. The van der Waals surface area contributed by atoms with Crippen LogP contribution in [0.2, 0.25) is 0 Å². The number of benzene rings is 1. The first-order valence-electron chi connectivity index (χ1n) is 6.34. The van der Waals surface area contributed by atoms with Crippen LogP contribution in [0.1, 0.15) is 12.8 Å². The zero-order valence-corrected chi connectivity index (χ0v) is 12.8. The van der Waals surface area contributed by atoms with Crippen molar-refractivity contribution in [3.05, 3.63) is 32.8 Å². The number of anilines is 1. The molecule has 0 saturated carbocycles. The number of nitrogens with zero attached hydrogens (tertiary/aromatic N) is 3. The lowest BCUT2D eigenvalue weighted by Crippen LogP contribution is -2.37. The van der Waals surface area contributed by atoms with Crippen LogP contribution in [0.25, 0.3) is 0 Å². The monoisotopic (exact) mass is 327 g/mol. The van der Waals surface area contributed by atoms with Gasteiger partial charge in [0.15, 0.2) is 0 Å². The Morgan fingerprint density at radius 2 is 2.26 bits per heavy atom. The van der Waals surface area contributed by atoms with E-state index in [4.69, 9.17) is 0 Å². The van der Waals surface area contributed by atoms with Gasteiger partial charge in [0.05, 0.1) is 4.92 Å². The first kappa shape index (κ1) is 14.3. The number of nitro benzene ring substituents is 1. The molecule has 5 nitrogen and oxygen atoms in total. The van der Waals surface area contributed by atoms with Crippen LogP contribution in [0.15, 0.2) is 22.7 Å². The van der Waals surface area contributed by atoms with Gasteiger partial charge in [0.2, 0.25) is 0 Å². The Labute approximate surface area is 121 Å². The molecular formula is C13H18BrN3O2. The van der Waals surface area contributed by atoms with Crippen LogP contribution < -0.4 is 4.90 Å². The number of halogens is 1. The Morgan fingerprint density at radius 1 is 1.53 bits per heavy atom. The summed E-state index contributed by atoms with van der Waals surface area (Å²) in [4.78, 5) is 15.2. The van der Waals surface area contributed by atoms with Gasteiger partial charge < -0.3 is 9.80 Å². The van der Waals surface area contributed by atoms with E-state index in [0.29, 0.717) is 6.04 Å². The van der Waals surface area contributed by atoms with E-state index in [2.05, 4.69) is 25.7 Å². The van der Waals surface area contributed by atoms with E-state index in [1.165, 1.54) is 0 Å². The molecule has 1 fully saturated rings. The molecule has 0 aliphatic carbocycles. The number of rotatable bonds is 4. The van der Waals surface area contributed by atoms with Gasteiger partial charge in [-0.15, -0.1) is 0 Å². The molecule has 0 aromatic heterocycles. The van der Waals surface area contributed by atoms with Gasteiger partial charge in [-0.3, -0.25) is 10.1 Å². The van der Waals surface area contributed by atoms with Crippen molar-refractivity contribution >= 4 is 27.3 Å². The summed E-state index contributed by atoms with van der Waals surface area (Å²) in [6, 6.07) is 5.65. The van der Waals surface area contributed by atoms with E-state index < -0.39 is 0 Å². The molecule has 6 heteroatoms. The zero-order valence-electron chi connectivity index (χ0n) is 11.2. The summed E-state index contributed by atoms with van der Waals surface area (Å²) >= 11 is 3.30. The predicted octanol–water partition coefficient (Wildman–Crippen LogP) is 2.89. The highest BCUT2D eigenvalue weighted by Crippen LogP contribution is 2.35. The van der Waals surface area contributed by atoms with Gasteiger partial charge in [0.25, 0.3) is 5.69 Å². The first-order valence-corrected chi connectivity index (χ1v) is 7.13. The van der Waals surface area contributed by atoms with Crippen LogP contribution in [-0.2, 0) is 0 Å². The lowest BCUT2D eigenvalue weighted by atomic mass is 10.2. The standard InChI is InChI=1S/C13H18BrN3O2/c1-15(2)9-11-4-3-7-16(11)12-6-5-10(14)8-13(12)17(18)19/h5-6,8,11H,3-4,7,9H2,1-2H3. The minimum Gasteiger partial charge on any atom is -0.362 e. The van der Waals surface area contributed by atoms with Crippen LogP contribution in [0.5, 0.6) is 0 Å². The lowest BCUT2D eigenvalue weighted by Gasteiger charge is -2.28. The summed E-state index contributed by atoms with van der Waals surface area (Å²) in [5.74, 6) is 0. The van der Waals surface area contributed by atoms with Crippen LogP contribution >= 0.6 is 15.9 Å². The topological polar surface area (TPSA) is 49.6 Å². The molecule has 0 amide bonds. The lowest BCUT2D eigenvalue weighted by molar-refractivity contribution is -0.384. The number of likely N-dealkylation sites (N-methyl/N-ethyl adjacent to an activating group) is 1. The van der Waals surface area contributed by atoms with Crippen LogP contribution in [0.4, 0.5) is 11.4 Å². The van der Waals surface area contributed by atoms with Crippen LogP contribution in [-0.4, -0.2) is 43.0 Å². The van der Waals surface area contributed by atoms with Crippen LogP contribution in [0.3, 0.4) is 0 Å². The maximum absolute atomic E-state index is 11.2. The Kier molecular flexibility index (Phi) is 4.42. The first-order chi connectivity index (χ1) is 8.99. The fraction of sp³-hybridized carbons (Fsp3) is 0.538. The number of nitro groups is 1. The largest absolute Gasteiger partial charge is 0.362 e. The summed E-state index contributed by atoms with van der Waals surface area (Å²) in [5.41, 5.74) is 0.914. The van der Waals surface area contributed by atoms with Crippen molar-refractivity contribution in [1.82, 2.24) is 4.90 Å². The maximum atomic E-state index is 11.2. The predicted molar refractivity (Wildman–Crippen MR) is 79.7 cm³/mol. The fourth-order valence-electron chi connectivity index (χ4n) is 2.65. The minimum atomic E-state index is -0.300. The minimum absolute atomic E-state index is 0.181. The quantitative estimate of drug-likeness (QED) is 0.630. The highest BCUT2D eigenvalue weighted by molar-refractivity contribution is 9.10. The summed E-state index contributed by atoms with van der Waals surface area (Å²) in [5, 5.41) is 11.2. The second kappa shape index (κ2) is 5.88. The number of hydrogen-bond acceptors (Lipinski definition) is 4. The van der Waals surface area contributed by atoms with E-state index in [1.807, 2.05) is 26.2 Å². The van der Waals surface area contributed by atoms with Gasteiger partial charge in [-0.2, -0.15) is 0 Å². The molecule has 0 bridgehead atoms. The van der Waals surface area contributed by atoms with Crippen molar-refractivity contribution in [1.29, 1.82) is 0 Å². The summed E-state index contributed by atoms with van der Waals surface area (Å²) in [7, 11) is 4.07. The van der Waals surface area contributed by atoms with E-state index in [1.54, 1.807) is 6.07 Å². The fourth-order valence-corrected chi connectivity index (χ4v) is 3.00. The third-order valence-corrected chi connectivity index (χ3v) is 3.89. The Balaban J connectivity index is 2.32. The van der Waals surface area contributed by atoms with E-state index in [0.717, 1.165) is 36.1 Å². The molecule has 104 valence electrons. The Hall–Kier alpha value is -1.14. The van der Waals surface area contributed by atoms with Crippen molar-refractivity contribution < 1.29 is 4.92 Å². The maximum Gasteiger partial charge on any atom is 0.293 e. The van der Waals surface area contributed by atoms with Crippen molar-refractivity contribution in [2.45, 2.75) is 18.9 Å². The van der Waals surface area contributed by atoms with Gasteiger partial charge >= 0.3 is 0 Å². The average molecular weight is 328 g/mol. The highest BCUT2D eigenvalue weighted by Gasteiger charge is 2.29. The molecule has 1 aromatic carbocycles. The molecule has 1 aliphatic rings. The Bertz CT molecular complexity index is 479. The second-order valence-electron chi connectivity index (χ2n) is 5.14. The zero-order chi connectivity index (χ0) is 14.0. The molecule has 0 N–H and O–H groups in total. The summed E-state index contributed by atoms with van der Waals surface area (Å²) in [6.07, 6.45) is 2.18. The van der Waals surface area contributed by atoms with Crippen molar-refractivity contribution in [3.63, 3.8) is 0 Å². The van der Waals surface area contributed by atoms with Gasteiger partial charge in [0, 0.05) is 29.7 Å². The van der Waals surface area contributed by atoms with Gasteiger partial charge in [-0.25, -0.2) is 0 Å². The number of hydrogen-bond donors (Lipinski definition) is 0. The molecule has 0 spiro atoms. The SMILES string of the molecule is CN(C)CC1CCCN1c1ccc(Br)cc1[N+](=O)[O-]. The third kappa shape index (κ3) is 3.25. The second-order valence-corrected chi connectivity index (χ2v) is 6.06. The van der Waals surface area contributed by atoms with Gasteiger partial charge in [-0.1, -0.05) is 15.9 Å². The van der Waals surface area contributed by atoms with E-state index in [9.17, 15) is 10.1 Å². The van der Waals surface area contributed by atoms with E-state index in [-0.39, 0.29) is 10.6 Å². The summed E-state index contributed by atoms with van der Waals surface area (Å²) < 4.78 is 0.742. The molecule has 1 aliphatic heterocycles. The molecule has 1 saturated heterocycles. The van der Waals surface area contributed by atoms with Crippen molar-refractivity contribution in [2.75, 3.05) is 32.1 Å². The molecule has 2 rings (SSSR count). The van der Waals surface area contributed by atoms with Crippen molar-refractivity contribution in [3.8, 4) is 0 Å². The molecular weight excluding hydrogens is 310 g/mol. The van der Waals surface area contributed by atoms with E-state index >= 15 is 0 Å². The smallest absolute Gasteiger partial charge is 0.293 e. The Morgan fingerprint density at radius 3 is 2.89 bits per heavy atom. The van der Waals surface area contributed by atoms with Gasteiger partial charge in [0.1, 0.15) is 5.69 Å². The average Bonchev–Trinajstić information content (AvgIpc) is 2.76. The van der Waals surface area contributed by atoms with Crippen molar-refractivity contribution in [2.24, 2.45) is 0 Å². The molecule has 1 unspecified atom stereocenters. The normalized spacial score (nSPS) is 19.2. The molecule has 19 heavy (non-hydrogen) atoms. The highest BCUT2D eigenvalue weighted by atomic mass is 79.9. The van der Waals surface area contributed by atoms with Crippen LogP contribution in [0, 0.1) is 10.1 Å². The molecule has 1 heterocycles.